The number of amidine groups is 1. The van der Waals surface area contributed by atoms with Crippen LogP contribution in [0.5, 0.6) is 0 Å². The summed E-state index contributed by atoms with van der Waals surface area (Å²) in [5.74, 6) is 0.774. The lowest BCUT2D eigenvalue weighted by Crippen LogP contribution is -2.28. The van der Waals surface area contributed by atoms with E-state index in [1.807, 2.05) is 6.07 Å². The third-order valence-corrected chi connectivity index (χ3v) is 8.67. The van der Waals surface area contributed by atoms with E-state index in [9.17, 15) is 0 Å². The largest absolute Gasteiger partial charge is 0.243 e. The Morgan fingerprint density at radius 2 is 1.18 bits per heavy atom. The molecule has 1 heterocycles. The molecule has 0 saturated carbocycles. The molecule has 6 aromatic carbocycles. The van der Waals surface area contributed by atoms with Gasteiger partial charge in [-0.1, -0.05) is 133 Å². The highest BCUT2D eigenvalue weighted by atomic mass is 127. The molecule has 6 aromatic rings. The highest BCUT2D eigenvalue weighted by Crippen LogP contribution is 2.46. The molecular weight excluding hydrogens is 587 g/mol. The summed E-state index contributed by atoms with van der Waals surface area (Å²) in [6, 6.07) is 49.3. The van der Waals surface area contributed by atoms with Gasteiger partial charge >= 0.3 is 0 Å². The highest BCUT2D eigenvalue weighted by Gasteiger charge is 2.36. The Morgan fingerprint density at radius 1 is 0.538 bits per heavy atom. The minimum Gasteiger partial charge on any atom is -0.243 e. The number of alkyl halides is 1. The Bertz CT molecular complexity index is 1890. The van der Waals surface area contributed by atoms with Crippen LogP contribution in [0.4, 0.5) is 0 Å². The lowest BCUT2D eigenvalue weighted by atomic mass is 9.89. The van der Waals surface area contributed by atoms with Crippen LogP contribution in [0.15, 0.2) is 150 Å². The topological polar surface area (TPSA) is 24.7 Å². The van der Waals surface area contributed by atoms with Gasteiger partial charge in [0.25, 0.3) is 0 Å². The van der Waals surface area contributed by atoms with E-state index in [2.05, 4.69) is 156 Å². The number of hydrogen-bond donors (Lipinski definition) is 0. The fourth-order valence-corrected chi connectivity index (χ4v) is 6.59. The van der Waals surface area contributed by atoms with Crippen molar-refractivity contribution in [1.82, 2.24) is 0 Å². The first-order valence-electron chi connectivity index (χ1n) is 13.2. The normalized spacial score (nSPS) is 17.2. The van der Waals surface area contributed by atoms with Gasteiger partial charge in [-0.15, -0.1) is 0 Å². The van der Waals surface area contributed by atoms with E-state index in [0.29, 0.717) is 6.42 Å². The molecule has 3 heteroatoms. The highest BCUT2D eigenvalue weighted by molar-refractivity contribution is 14.1. The van der Waals surface area contributed by atoms with E-state index >= 15 is 0 Å². The average molecular weight is 613 g/mol. The van der Waals surface area contributed by atoms with Crippen LogP contribution < -0.4 is 0 Å². The minimum absolute atomic E-state index is 0.513. The molecule has 0 fully saturated rings. The van der Waals surface area contributed by atoms with Gasteiger partial charge in [0.2, 0.25) is 0 Å². The van der Waals surface area contributed by atoms with Gasteiger partial charge in [0.05, 0.1) is 5.71 Å². The number of benzene rings is 6. The zero-order chi connectivity index (χ0) is 26.2. The first-order chi connectivity index (χ1) is 19.2. The molecule has 186 valence electrons. The first-order valence-corrected chi connectivity index (χ1v) is 14.2. The maximum Gasteiger partial charge on any atom is 0.156 e. The molecule has 0 saturated heterocycles. The summed E-state index contributed by atoms with van der Waals surface area (Å²) in [7, 11) is 0. The minimum atomic E-state index is -0.513. The second-order valence-corrected chi connectivity index (χ2v) is 11.7. The number of nitrogens with zero attached hydrogens (tertiary/aromatic N) is 2. The van der Waals surface area contributed by atoms with Crippen molar-refractivity contribution in [2.45, 2.75) is 9.97 Å². The predicted molar refractivity (Wildman–Crippen MR) is 173 cm³/mol. The Hall–Kier alpha value is -4.09. The maximum atomic E-state index is 5.36. The smallest absolute Gasteiger partial charge is 0.156 e. The van der Waals surface area contributed by atoms with Gasteiger partial charge in [-0.3, -0.25) is 0 Å². The summed E-state index contributed by atoms with van der Waals surface area (Å²) in [4.78, 5) is 10.5. The van der Waals surface area contributed by atoms with E-state index < -0.39 is 3.55 Å². The lowest BCUT2D eigenvalue weighted by molar-refractivity contribution is 0.725. The van der Waals surface area contributed by atoms with Crippen molar-refractivity contribution in [2.75, 3.05) is 0 Å². The fraction of sp³-hybridized carbons (Fsp3) is 0.0556. The van der Waals surface area contributed by atoms with Crippen LogP contribution in [0.1, 0.15) is 23.1 Å². The molecule has 0 spiro atoms. The van der Waals surface area contributed by atoms with E-state index in [1.54, 1.807) is 0 Å². The quantitative estimate of drug-likeness (QED) is 0.108. The molecule has 1 atom stereocenters. The zero-order valence-corrected chi connectivity index (χ0v) is 23.4. The number of aliphatic imine (C=N–C) groups is 2. The van der Waals surface area contributed by atoms with Crippen molar-refractivity contribution < 1.29 is 0 Å². The molecule has 0 amide bonds. The summed E-state index contributed by atoms with van der Waals surface area (Å²) in [6.07, 6.45) is 0.705. The van der Waals surface area contributed by atoms with Crippen LogP contribution in [0.25, 0.3) is 32.7 Å². The molecule has 0 aromatic heterocycles. The van der Waals surface area contributed by atoms with Crippen molar-refractivity contribution in [3.8, 4) is 11.1 Å². The Morgan fingerprint density at radius 3 is 1.95 bits per heavy atom. The molecule has 0 aliphatic carbocycles. The number of fused-ring (bicyclic) bond motifs is 2. The summed E-state index contributed by atoms with van der Waals surface area (Å²) >= 11 is 2.56. The Kier molecular flexibility index (Phi) is 6.09. The van der Waals surface area contributed by atoms with Crippen molar-refractivity contribution in [2.24, 2.45) is 9.98 Å². The third-order valence-electron chi connectivity index (χ3n) is 7.46. The standard InChI is InChI=1S/C36H25IN2/c37-36(33-22-21-30(26-12-3-1-4-13-26)31-17-9-10-18-32(31)33)24-34(38-35(39-36)27-14-5-2-6-15-27)29-20-19-25-11-7-8-16-28(25)23-29/h1-23H,24H2. The van der Waals surface area contributed by atoms with Crippen molar-refractivity contribution in [3.05, 3.63) is 156 Å². The van der Waals surface area contributed by atoms with E-state index in [0.717, 1.165) is 22.7 Å². The molecular formula is C36H25IN2. The molecule has 0 radical (unpaired) electrons. The molecule has 1 aliphatic heterocycles. The Labute approximate surface area is 241 Å². The fourth-order valence-electron chi connectivity index (χ4n) is 5.53. The third kappa shape index (κ3) is 4.47. The number of rotatable bonds is 4. The van der Waals surface area contributed by atoms with Gasteiger partial charge in [-0.05, 0) is 72.5 Å². The van der Waals surface area contributed by atoms with Crippen LogP contribution in [0.2, 0.25) is 0 Å². The zero-order valence-electron chi connectivity index (χ0n) is 21.3. The second kappa shape index (κ2) is 9.90. The average Bonchev–Trinajstić information content (AvgIpc) is 3.01. The van der Waals surface area contributed by atoms with Crippen LogP contribution in [0.3, 0.4) is 0 Å². The van der Waals surface area contributed by atoms with Gasteiger partial charge in [0.15, 0.2) is 5.84 Å². The van der Waals surface area contributed by atoms with E-state index in [-0.39, 0.29) is 0 Å². The monoisotopic (exact) mass is 612 g/mol. The SMILES string of the molecule is IC1(c2ccc(-c3ccccc3)c3ccccc23)CC(c2ccc3ccccc3c2)=NC(c2ccccc2)=N1. The van der Waals surface area contributed by atoms with Gasteiger partial charge in [0.1, 0.15) is 3.55 Å². The second-order valence-electron chi connectivity index (χ2n) is 9.93. The molecule has 0 bridgehead atoms. The van der Waals surface area contributed by atoms with Crippen LogP contribution in [-0.2, 0) is 3.55 Å². The van der Waals surface area contributed by atoms with Crippen LogP contribution in [-0.4, -0.2) is 11.5 Å². The number of hydrogen-bond acceptors (Lipinski definition) is 2. The lowest BCUT2D eigenvalue weighted by Gasteiger charge is -2.31. The Balaban J connectivity index is 1.42. The summed E-state index contributed by atoms with van der Waals surface area (Å²) in [5.41, 5.74) is 6.89. The van der Waals surface area contributed by atoms with Crippen LogP contribution >= 0.6 is 22.6 Å². The van der Waals surface area contributed by atoms with Crippen LogP contribution in [0, 0.1) is 0 Å². The molecule has 2 nitrogen and oxygen atoms in total. The van der Waals surface area contributed by atoms with E-state index in [1.165, 1.54) is 38.2 Å². The van der Waals surface area contributed by atoms with Gasteiger partial charge in [-0.25, -0.2) is 9.98 Å². The number of halogens is 1. The van der Waals surface area contributed by atoms with Gasteiger partial charge in [0, 0.05) is 12.0 Å². The van der Waals surface area contributed by atoms with Gasteiger partial charge < -0.3 is 0 Å². The predicted octanol–water partition coefficient (Wildman–Crippen LogP) is 9.59. The van der Waals surface area contributed by atoms with Crippen molar-refractivity contribution in [1.29, 1.82) is 0 Å². The van der Waals surface area contributed by atoms with Gasteiger partial charge in [-0.2, -0.15) is 0 Å². The first kappa shape index (κ1) is 24.0. The van der Waals surface area contributed by atoms with Crippen molar-refractivity contribution in [3.63, 3.8) is 0 Å². The molecule has 0 N–H and O–H groups in total. The summed E-state index contributed by atoms with van der Waals surface area (Å²) < 4.78 is -0.513. The molecule has 7 rings (SSSR count). The molecule has 39 heavy (non-hydrogen) atoms. The van der Waals surface area contributed by atoms with E-state index in [4.69, 9.17) is 9.98 Å². The maximum absolute atomic E-state index is 5.36. The summed E-state index contributed by atoms with van der Waals surface area (Å²) in [6.45, 7) is 0. The van der Waals surface area contributed by atoms with Crippen molar-refractivity contribution >= 4 is 55.7 Å². The molecule has 1 aliphatic rings. The molecule has 1 unspecified atom stereocenters. The summed E-state index contributed by atoms with van der Waals surface area (Å²) in [5, 5.41) is 4.92.